The van der Waals surface area contributed by atoms with Crippen molar-refractivity contribution in [1.82, 2.24) is 4.57 Å². The van der Waals surface area contributed by atoms with E-state index in [4.69, 9.17) is 5.73 Å². The summed E-state index contributed by atoms with van der Waals surface area (Å²) in [6, 6.07) is 10.7. The summed E-state index contributed by atoms with van der Waals surface area (Å²) in [5.74, 6) is -0.110. The van der Waals surface area contributed by atoms with Crippen molar-refractivity contribution in [2.24, 2.45) is 0 Å². The molecule has 1 aromatic carbocycles. The number of benzene rings is 1. The Morgan fingerprint density at radius 1 is 1.29 bits per heavy atom. The number of nitrogens with one attached hydrogen (secondary N) is 1. The molecule has 3 N–H and O–H groups in total. The summed E-state index contributed by atoms with van der Waals surface area (Å²) in [5, 5.41) is 2.83. The van der Waals surface area contributed by atoms with Crippen LogP contribution in [0.5, 0.6) is 0 Å². The number of amides is 1. The Morgan fingerprint density at radius 3 is 2.65 bits per heavy atom. The number of nitrogens with two attached hydrogens (primary N) is 1. The van der Waals surface area contributed by atoms with Gasteiger partial charge in [-0.25, -0.2) is 0 Å². The fraction of sp³-hybridized carbons (Fsp3) is 0.154. The van der Waals surface area contributed by atoms with Crippen molar-refractivity contribution >= 4 is 17.3 Å². The fourth-order valence-electron chi connectivity index (χ4n) is 1.66. The van der Waals surface area contributed by atoms with Gasteiger partial charge in [-0.3, -0.25) is 4.79 Å². The first-order valence-electron chi connectivity index (χ1n) is 5.52. The highest BCUT2D eigenvalue weighted by Gasteiger charge is 2.09. The van der Waals surface area contributed by atoms with Gasteiger partial charge >= 0.3 is 0 Å². The molecule has 0 atom stereocenters. The van der Waals surface area contributed by atoms with Gasteiger partial charge in [0.15, 0.2) is 0 Å². The molecule has 1 aromatic heterocycles. The van der Waals surface area contributed by atoms with Crippen LogP contribution in [0.15, 0.2) is 42.6 Å². The largest absolute Gasteiger partial charge is 0.399 e. The van der Waals surface area contributed by atoms with Crippen molar-refractivity contribution in [3.05, 3.63) is 48.3 Å². The van der Waals surface area contributed by atoms with Crippen LogP contribution in [-0.2, 0) is 6.54 Å². The minimum absolute atomic E-state index is 0.110. The second-order valence-corrected chi connectivity index (χ2v) is 3.76. The van der Waals surface area contributed by atoms with Gasteiger partial charge in [0, 0.05) is 24.1 Å². The second-order valence-electron chi connectivity index (χ2n) is 3.76. The van der Waals surface area contributed by atoms with E-state index in [9.17, 15) is 4.79 Å². The van der Waals surface area contributed by atoms with Crippen molar-refractivity contribution in [1.29, 1.82) is 0 Å². The van der Waals surface area contributed by atoms with Crippen LogP contribution in [0, 0.1) is 0 Å². The van der Waals surface area contributed by atoms with E-state index in [0.29, 0.717) is 11.4 Å². The summed E-state index contributed by atoms with van der Waals surface area (Å²) in [7, 11) is 0. The zero-order valence-corrected chi connectivity index (χ0v) is 9.68. The molecule has 88 valence electrons. The Morgan fingerprint density at radius 2 is 2.00 bits per heavy atom. The number of hydrogen-bond donors (Lipinski definition) is 2. The van der Waals surface area contributed by atoms with Gasteiger partial charge in [0.2, 0.25) is 0 Å². The highest BCUT2D eigenvalue weighted by molar-refractivity contribution is 6.03. The average molecular weight is 229 g/mol. The van der Waals surface area contributed by atoms with E-state index in [1.165, 1.54) is 0 Å². The summed E-state index contributed by atoms with van der Waals surface area (Å²) < 4.78 is 1.90. The Kier molecular flexibility index (Phi) is 3.14. The van der Waals surface area contributed by atoms with Crippen molar-refractivity contribution in [2.45, 2.75) is 13.5 Å². The first kappa shape index (κ1) is 11.3. The summed E-state index contributed by atoms with van der Waals surface area (Å²) in [6.07, 6.45) is 1.89. The van der Waals surface area contributed by atoms with Gasteiger partial charge in [0.05, 0.1) is 0 Å². The molecule has 0 saturated carbocycles. The first-order valence-corrected chi connectivity index (χ1v) is 5.52. The lowest BCUT2D eigenvalue weighted by Gasteiger charge is -2.07. The van der Waals surface area contributed by atoms with E-state index in [-0.39, 0.29) is 5.91 Å². The fourth-order valence-corrected chi connectivity index (χ4v) is 1.66. The number of carbonyl (C=O) groups is 1. The highest BCUT2D eigenvalue weighted by Crippen LogP contribution is 2.12. The number of nitrogens with zero attached hydrogens (tertiary/aromatic N) is 1. The van der Waals surface area contributed by atoms with Gasteiger partial charge in [0.25, 0.3) is 5.91 Å². The Labute approximate surface area is 100 Å². The predicted molar refractivity (Wildman–Crippen MR) is 68.9 cm³/mol. The maximum Gasteiger partial charge on any atom is 0.272 e. The summed E-state index contributed by atoms with van der Waals surface area (Å²) in [6.45, 7) is 2.78. The third-order valence-corrected chi connectivity index (χ3v) is 2.57. The lowest BCUT2D eigenvalue weighted by atomic mass is 10.3. The van der Waals surface area contributed by atoms with Gasteiger partial charge in [-0.2, -0.15) is 0 Å². The van der Waals surface area contributed by atoms with Crippen LogP contribution in [0.25, 0.3) is 0 Å². The van der Waals surface area contributed by atoms with Gasteiger partial charge < -0.3 is 15.6 Å². The predicted octanol–water partition coefficient (Wildman–Crippen LogP) is 2.34. The monoisotopic (exact) mass is 229 g/mol. The molecular weight excluding hydrogens is 214 g/mol. The topological polar surface area (TPSA) is 60.0 Å². The van der Waals surface area contributed by atoms with Crippen molar-refractivity contribution in [3.63, 3.8) is 0 Å². The van der Waals surface area contributed by atoms with Gasteiger partial charge in [-0.05, 0) is 43.3 Å². The molecule has 0 spiro atoms. The third-order valence-electron chi connectivity index (χ3n) is 2.57. The number of carbonyl (C=O) groups excluding carboxylic acids is 1. The normalized spacial score (nSPS) is 10.2. The van der Waals surface area contributed by atoms with Crippen LogP contribution >= 0.6 is 0 Å². The summed E-state index contributed by atoms with van der Waals surface area (Å²) >= 11 is 0. The van der Waals surface area contributed by atoms with E-state index in [2.05, 4.69) is 5.32 Å². The molecule has 4 nitrogen and oxygen atoms in total. The number of hydrogen-bond acceptors (Lipinski definition) is 2. The lowest BCUT2D eigenvalue weighted by Crippen LogP contribution is -2.16. The zero-order valence-electron chi connectivity index (χ0n) is 9.68. The SMILES string of the molecule is CCn1cccc1C(=O)Nc1ccc(N)cc1. The lowest BCUT2D eigenvalue weighted by molar-refractivity contribution is 0.101. The van der Waals surface area contributed by atoms with Crippen LogP contribution in [-0.4, -0.2) is 10.5 Å². The summed E-state index contributed by atoms with van der Waals surface area (Å²) in [4.78, 5) is 12.0. The van der Waals surface area contributed by atoms with Crippen LogP contribution in [0.4, 0.5) is 11.4 Å². The van der Waals surface area contributed by atoms with E-state index in [0.717, 1.165) is 12.2 Å². The number of rotatable bonds is 3. The molecule has 1 heterocycles. The number of aryl methyl sites for hydroxylation is 1. The quantitative estimate of drug-likeness (QED) is 0.793. The first-order chi connectivity index (χ1) is 8.20. The highest BCUT2D eigenvalue weighted by atomic mass is 16.1. The third kappa shape index (κ3) is 2.47. The molecule has 0 radical (unpaired) electrons. The molecule has 0 aliphatic heterocycles. The zero-order chi connectivity index (χ0) is 12.3. The van der Waals surface area contributed by atoms with Crippen LogP contribution in [0.3, 0.4) is 0 Å². The minimum atomic E-state index is -0.110. The standard InChI is InChI=1S/C13H15N3O/c1-2-16-9-3-4-12(16)13(17)15-11-7-5-10(14)6-8-11/h3-9H,2,14H2,1H3,(H,15,17). The van der Waals surface area contributed by atoms with Crippen LogP contribution in [0.1, 0.15) is 17.4 Å². The molecule has 0 aliphatic rings. The molecule has 4 heteroatoms. The van der Waals surface area contributed by atoms with Gasteiger partial charge in [-0.15, -0.1) is 0 Å². The Balaban J connectivity index is 2.14. The molecule has 0 aliphatic carbocycles. The molecule has 2 rings (SSSR count). The average Bonchev–Trinajstić information content (AvgIpc) is 2.80. The Bertz CT molecular complexity index is 514. The number of anilines is 2. The van der Waals surface area contributed by atoms with Gasteiger partial charge in [0.1, 0.15) is 5.69 Å². The van der Waals surface area contributed by atoms with E-state index >= 15 is 0 Å². The smallest absolute Gasteiger partial charge is 0.272 e. The molecule has 0 bridgehead atoms. The Hall–Kier alpha value is -2.23. The molecule has 0 unspecified atom stereocenters. The number of aromatic nitrogens is 1. The maximum absolute atomic E-state index is 12.0. The number of nitrogen functional groups attached to an aromatic ring is 1. The summed E-state index contributed by atoms with van der Waals surface area (Å²) in [5.41, 5.74) is 7.66. The minimum Gasteiger partial charge on any atom is -0.399 e. The van der Waals surface area contributed by atoms with Crippen LogP contribution < -0.4 is 11.1 Å². The maximum atomic E-state index is 12.0. The van der Waals surface area contributed by atoms with E-state index in [1.54, 1.807) is 30.3 Å². The van der Waals surface area contributed by atoms with Gasteiger partial charge in [-0.1, -0.05) is 0 Å². The molecule has 0 fully saturated rings. The van der Waals surface area contributed by atoms with E-state index < -0.39 is 0 Å². The van der Waals surface area contributed by atoms with E-state index in [1.807, 2.05) is 23.8 Å². The molecule has 1 amide bonds. The molecule has 2 aromatic rings. The van der Waals surface area contributed by atoms with Crippen molar-refractivity contribution in [2.75, 3.05) is 11.1 Å². The second kappa shape index (κ2) is 4.74. The van der Waals surface area contributed by atoms with Crippen molar-refractivity contribution < 1.29 is 4.79 Å². The molecule has 17 heavy (non-hydrogen) atoms. The molecule has 0 saturated heterocycles. The van der Waals surface area contributed by atoms with Crippen molar-refractivity contribution in [3.8, 4) is 0 Å². The molecular formula is C13H15N3O. The van der Waals surface area contributed by atoms with Crippen LogP contribution in [0.2, 0.25) is 0 Å².